The number of hydrogen-bond donors (Lipinski definition) is 1. The van der Waals surface area contributed by atoms with Gasteiger partial charge in [-0.05, 0) is 44.2 Å². The van der Waals surface area contributed by atoms with Gasteiger partial charge in [-0.1, -0.05) is 6.07 Å². The third-order valence-electron chi connectivity index (χ3n) is 2.67. The average Bonchev–Trinajstić information content (AvgIpc) is 2.66. The van der Waals surface area contributed by atoms with Gasteiger partial charge in [-0.2, -0.15) is 0 Å². The molecule has 2 rings (SSSR count). The monoisotopic (exact) mass is 188 g/mol. The molecule has 1 N–H and O–H groups in total. The highest BCUT2D eigenvalue weighted by Crippen LogP contribution is 2.13. The third kappa shape index (κ3) is 1.66. The summed E-state index contributed by atoms with van der Waals surface area (Å²) in [6.07, 6.45) is 5.25. The Morgan fingerprint density at radius 3 is 2.71 bits per heavy atom. The fraction of sp³-hybridized carbons (Fsp3) is 0.333. The molecule has 2 heteroatoms. The fourth-order valence-electron chi connectivity index (χ4n) is 1.74. The number of aromatic nitrogens is 1. The minimum atomic E-state index is 0.524. The first-order valence-corrected chi connectivity index (χ1v) is 5.03. The molecule has 0 saturated carbocycles. The molecule has 2 nitrogen and oxygen atoms in total. The van der Waals surface area contributed by atoms with E-state index in [1.165, 1.54) is 11.1 Å². The topological polar surface area (TPSA) is 16.4 Å². The molecule has 0 aliphatic rings. The quantitative estimate of drug-likeness (QED) is 0.780. The predicted octanol–water partition coefficient (Wildman–Crippen LogP) is 2.09. The highest BCUT2D eigenvalue weighted by atomic mass is 14.9. The predicted molar refractivity (Wildman–Crippen MR) is 59.6 cm³/mol. The van der Waals surface area contributed by atoms with E-state index < -0.39 is 0 Å². The van der Waals surface area contributed by atoms with E-state index in [9.17, 15) is 0 Å². The molecule has 0 aliphatic heterocycles. The zero-order chi connectivity index (χ0) is 9.97. The number of hydrogen-bond acceptors (Lipinski definition) is 1. The number of nitrogens with zero attached hydrogens (tertiary/aromatic N) is 1. The van der Waals surface area contributed by atoms with Crippen molar-refractivity contribution in [3.05, 3.63) is 42.2 Å². The number of nitrogens with one attached hydrogen (secondary N) is 1. The van der Waals surface area contributed by atoms with Crippen LogP contribution < -0.4 is 5.32 Å². The van der Waals surface area contributed by atoms with Crippen molar-refractivity contribution in [2.75, 3.05) is 7.05 Å². The lowest BCUT2D eigenvalue weighted by molar-refractivity contribution is 0.609. The largest absolute Gasteiger partial charge is 0.324 e. The van der Waals surface area contributed by atoms with Gasteiger partial charge in [0.05, 0.1) is 0 Å². The third-order valence-corrected chi connectivity index (χ3v) is 2.67. The van der Waals surface area contributed by atoms with Crippen LogP contribution in [0.5, 0.6) is 0 Å². The Kier molecular flexibility index (Phi) is 2.55. The van der Waals surface area contributed by atoms with Crippen molar-refractivity contribution < 1.29 is 0 Å². The molecule has 74 valence electrons. The molecule has 0 amide bonds. The lowest BCUT2D eigenvalue weighted by Gasteiger charge is -2.11. The van der Waals surface area contributed by atoms with E-state index in [0.717, 1.165) is 6.42 Å². The van der Waals surface area contributed by atoms with E-state index in [4.69, 9.17) is 0 Å². The standard InChI is InChI=1S/C12H16N2/c1-10(13-2)9-11-5-3-7-14-8-4-6-12(11)14/h3-8,10,13H,9H2,1-2H3. The Morgan fingerprint density at radius 2 is 2.00 bits per heavy atom. The van der Waals surface area contributed by atoms with Crippen molar-refractivity contribution in [1.82, 2.24) is 9.72 Å². The van der Waals surface area contributed by atoms with Crippen molar-refractivity contribution >= 4 is 5.52 Å². The average molecular weight is 188 g/mol. The number of likely N-dealkylation sites (N-methyl/N-ethyl adjacent to an activating group) is 1. The molecule has 0 bridgehead atoms. The molecule has 2 heterocycles. The Labute approximate surface area is 84.6 Å². The van der Waals surface area contributed by atoms with Crippen molar-refractivity contribution in [3.8, 4) is 0 Å². The maximum absolute atomic E-state index is 3.26. The van der Waals surface area contributed by atoms with Gasteiger partial charge in [-0.3, -0.25) is 0 Å². The molecule has 0 radical (unpaired) electrons. The molecule has 14 heavy (non-hydrogen) atoms. The van der Waals surface area contributed by atoms with E-state index >= 15 is 0 Å². The van der Waals surface area contributed by atoms with E-state index in [2.05, 4.69) is 53.3 Å². The molecule has 2 aromatic heterocycles. The Morgan fingerprint density at radius 1 is 1.29 bits per heavy atom. The second-order valence-electron chi connectivity index (χ2n) is 3.73. The molecule has 0 aliphatic carbocycles. The summed E-state index contributed by atoms with van der Waals surface area (Å²) in [5.41, 5.74) is 2.72. The number of rotatable bonds is 3. The highest BCUT2D eigenvalue weighted by molar-refractivity contribution is 5.55. The fourth-order valence-corrected chi connectivity index (χ4v) is 1.74. The second kappa shape index (κ2) is 3.84. The van der Waals surface area contributed by atoms with Crippen molar-refractivity contribution in [3.63, 3.8) is 0 Å². The summed E-state index contributed by atoms with van der Waals surface area (Å²) in [4.78, 5) is 0. The molecule has 0 spiro atoms. The van der Waals surface area contributed by atoms with Gasteiger partial charge in [0.15, 0.2) is 0 Å². The van der Waals surface area contributed by atoms with E-state index in [1.807, 2.05) is 7.05 Å². The van der Waals surface area contributed by atoms with Gasteiger partial charge in [0, 0.05) is 24.0 Å². The van der Waals surface area contributed by atoms with Crippen LogP contribution in [0.2, 0.25) is 0 Å². The van der Waals surface area contributed by atoms with Crippen LogP contribution in [0.4, 0.5) is 0 Å². The van der Waals surface area contributed by atoms with Crippen LogP contribution >= 0.6 is 0 Å². The van der Waals surface area contributed by atoms with Gasteiger partial charge in [-0.15, -0.1) is 0 Å². The first-order valence-electron chi connectivity index (χ1n) is 5.03. The maximum atomic E-state index is 3.26. The van der Waals surface area contributed by atoms with Crippen LogP contribution in [-0.2, 0) is 6.42 Å². The first-order chi connectivity index (χ1) is 6.81. The summed E-state index contributed by atoms with van der Waals surface area (Å²) in [6, 6.07) is 9.07. The minimum Gasteiger partial charge on any atom is -0.324 e. The van der Waals surface area contributed by atoms with Gasteiger partial charge >= 0.3 is 0 Å². The zero-order valence-corrected chi connectivity index (χ0v) is 8.70. The summed E-state index contributed by atoms with van der Waals surface area (Å²) in [7, 11) is 2.00. The van der Waals surface area contributed by atoms with Gasteiger partial charge in [-0.25, -0.2) is 0 Å². The zero-order valence-electron chi connectivity index (χ0n) is 8.70. The van der Waals surface area contributed by atoms with E-state index in [0.29, 0.717) is 6.04 Å². The van der Waals surface area contributed by atoms with Crippen LogP contribution in [-0.4, -0.2) is 17.5 Å². The van der Waals surface area contributed by atoms with Gasteiger partial charge in [0.2, 0.25) is 0 Å². The maximum Gasteiger partial charge on any atom is 0.0482 e. The van der Waals surface area contributed by atoms with Crippen molar-refractivity contribution in [1.29, 1.82) is 0 Å². The van der Waals surface area contributed by atoms with Gasteiger partial charge in [0.1, 0.15) is 0 Å². The summed E-state index contributed by atoms with van der Waals surface area (Å²) in [5, 5.41) is 3.26. The Balaban J connectivity index is 2.36. The van der Waals surface area contributed by atoms with Crippen LogP contribution in [0.3, 0.4) is 0 Å². The van der Waals surface area contributed by atoms with Crippen molar-refractivity contribution in [2.45, 2.75) is 19.4 Å². The minimum absolute atomic E-state index is 0.524. The number of pyridine rings is 1. The van der Waals surface area contributed by atoms with Crippen molar-refractivity contribution in [2.24, 2.45) is 0 Å². The van der Waals surface area contributed by atoms with E-state index in [-0.39, 0.29) is 0 Å². The van der Waals surface area contributed by atoms with E-state index in [1.54, 1.807) is 0 Å². The molecular weight excluding hydrogens is 172 g/mol. The van der Waals surface area contributed by atoms with Gasteiger partial charge < -0.3 is 9.72 Å². The molecule has 1 unspecified atom stereocenters. The van der Waals surface area contributed by atoms with Crippen LogP contribution in [0.15, 0.2) is 36.7 Å². The first kappa shape index (κ1) is 9.28. The molecule has 1 atom stereocenters. The molecule has 2 aromatic rings. The van der Waals surface area contributed by atoms with Crippen LogP contribution in [0.25, 0.3) is 5.52 Å². The lowest BCUT2D eigenvalue weighted by atomic mass is 10.1. The molecule has 0 aromatic carbocycles. The van der Waals surface area contributed by atoms with Gasteiger partial charge in [0.25, 0.3) is 0 Å². The second-order valence-corrected chi connectivity index (χ2v) is 3.73. The summed E-state index contributed by atoms with van der Waals surface area (Å²) in [6.45, 7) is 2.20. The Hall–Kier alpha value is -1.28. The molecular formula is C12H16N2. The normalized spacial score (nSPS) is 13.3. The SMILES string of the molecule is CNC(C)Cc1cccn2cccc12. The van der Waals surface area contributed by atoms with Crippen LogP contribution in [0.1, 0.15) is 12.5 Å². The molecule has 0 fully saturated rings. The Bertz CT molecular complexity index is 417. The molecule has 0 saturated heterocycles. The summed E-state index contributed by atoms with van der Waals surface area (Å²) in [5.74, 6) is 0. The number of fused-ring (bicyclic) bond motifs is 1. The highest BCUT2D eigenvalue weighted by Gasteiger charge is 2.04. The summed E-state index contributed by atoms with van der Waals surface area (Å²) >= 11 is 0. The lowest BCUT2D eigenvalue weighted by Crippen LogP contribution is -2.23. The summed E-state index contributed by atoms with van der Waals surface area (Å²) < 4.78 is 2.16. The van der Waals surface area contributed by atoms with Crippen LogP contribution in [0, 0.1) is 0 Å². The smallest absolute Gasteiger partial charge is 0.0482 e.